The van der Waals surface area contributed by atoms with E-state index in [9.17, 15) is 0 Å². The maximum atomic E-state index is 5.25. The molecule has 0 saturated heterocycles. The van der Waals surface area contributed by atoms with Gasteiger partial charge in [-0.2, -0.15) is 0 Å². The van der Waals surface area contributed by atoms with Crippen LogP contribution in [0.2, 0.25) is 0 Å². The van der Waals surface area contributed by atoms with Gasteiger partial charge in [-0.25, -0.2) is 0 Å². The van der Waals surface area contributed by atoms with Crippen LogP contribution in [0.25, 0.3) is 0 Å². The molecule has 0 atom stereocenters. The van der Waals surface area contributed by atoms with Crippen molar-refractivity contribution in [1.29, 1.82) is 0 Å². The van der Waals surface area contributed by atoms with E-state index < -0.39 is 0 Å². The van der Waals surface area contributed by atoms with Crippen LogP contribution < -0.4 is 15.4 Å². The van der Waals surface area contributed by atoms with Crippen molar-refractivity contribution >= 4 is 54.9 Å². The topological polar surface area (TPSA) is 42.5 Å². The molecule has 0 aromatic heterocycles. The molecule has 0 aliphatic heterocycles. The normalized spacial score (nSPS) is 10.1. The second kappa shape index (κ2) is 8.73. The average molecular weight is 412 g/mol. The van der Waals surface area contributed by atoms with Crippen LogP contribution in [0.5, 0.6) is 5.75 Å². The van der Waals surface area contributed by atoms with Crippen LogP contribution in [-0.2, 0) is 4.74 Å². The molecule has 0 radical (unpaired) electrons. The first kappa shape index (κ1) is 16.7. The molecule has 0 bridgehead atoms. The zero-order chi connectivity index (χ0) is 14.3. The highest BCUT2D eigenvalue weighted by atomic mass is 79.9. The van der Waals surface area contributed by atoms with E-state index in [2.05, 4.69) is 42.5 Å². The molecule has 0 heterocycles. The molecule has 0 amide bonds. The van der Waals surface area contributed by atoms with E-state index in [1.807, 2.05) is 12.1 Å². The number of thiocarbonyl (C=S) groups is 1. The first-order chi connectivity index (χ1) is 9.08. The third-order valence-corrected chi connectivity index (χ3v) is 3.82. The minimum Gasteiger partial charge on any atom is -0.495 e. The molecule has 0 aliphatic carbocycles. The highest BCUT2D eigenvalue weighted by molar-refractivity contribution is 9.11. The molecule has 7 heteroatoms. The van der Waals surface area contributed by atoms with Crippen molar-refractivity contribution < 1.29 is 9.47 Å². The number of ether oxygens (including phenoxy) is 2. The van der Waals surface area contributed by atoms with Crippen molar-refractivity contribution in [2.75, 3.05) is 32.7 Å². The van der Waals surface area contributed by atoms with E-state index in [4.69, 9.17) is 21.7 Å². The Morgan fingerprint density at radius 3 is 2.63 bits per heavy atom. The number of halogens is 2. The quantitative estimate of drug-likeness (QED) is 0.553. The van der Waals surface area contributed by atoms with Gasteiger partial charge in [-0.1, -0.05) is 0 Å². The zero-order valence-corrected chi connectivity index (χ0v) is 14.7. The zero-order valence-electron chi connectivity index (χ0n) is 10.8. The summed E-state index contributed by atoms with van der Waals surface area (Å²) >= 11 is 12.1. The molecule has 106 valence electrons. The summed E-state index contributed by atoms with van der Waals surface area (Å²) in [5, 5.41) is 6.80. The highest BCUT2D eigenvalue weighted by Crippen LogP contribution is 2.34. The number of hydrogen-bond acceptors (Lipinski definition) is 3. The lowest BCUT2D eigenvalue weighted by atomic mass is 10.3. The smallest absolute Gasteiger partial charge is 0.170 e. The van der Waals surface area contributed by atoms with E-state index in [1.165, 1.54) is 0 Å². The lowest BCUT2D eigenvalue weighted by Crippen LogP contribution is -2.29. The fourth-order valence-corrected chi connectivity index (χ4v) is 2.83. The maximum absolute atomic E-state index is 5.25. The largest absolute Gasteiger partial charge is 0.495 e. The monoisotopic (exact) mass is 410 g/mol. The Kier molecular flexibility index (Phi) is 7.67. The van der Waals surface area contributed by atoms with Gasteiger partial charge in [-0.15, -0.1) is 0 Å². The second-order valence-electron chi connectivity index (χ2n) is 3.69. The van der Waals surface area contributed by atoms with Crippen molar-refractivity contribution in [1.82, 2.24) is 5.32 Å². The molecule has 0 saturated carbocycles. The summed E-state index contributed by atoms with van der Waals surface area (Å²) < 4.78 is 12.0. The Bertz CT molecular complexity index is 444. The van der Waals surface area contributed by atoms with Crippen molar-refractivity contribution in [2.45, 2.75) is 6.42 Å². The van der Waals surface area contributed by atoms with Gasteiger partial charge in [-0.3, -0.25) is 0 Å². The van der Waals surface area contributed by atoms with Gasteiger partial charge in [-0.05, 0) is 56.6 Å². The minimum absolute atomic E-state index is 0.571. The van der Waals surface area contributed by atoms with Crippen molar-refractivity contribution in [2.24, 2.45) is 0 Å². The molecule has 1 aromatic carbocycles. The average Bonchev–Trinajstić information content (AvgIpc) is 2.38. The number of anilines is 1. The Labute approximate surface area is 135 Å². The molecule has 0 spiro atoms. The molecule has 19 heavy (non-hydrogen) atoms. The van der Waals surface area contributed by atoms with Gasteiger partial charge in [0.05, 0.1) is 17.3 Å². The molecule has 0 aliphatic rings. The van der Waals surface area contributed by atoms with Crippen molar-refractivity contribution in [3.8, 4) is 5.75 Å². The molecule has 2 N–H and O–H groups in total. The Balaban J connectivity index is 2.58. The number of nitrogens with one attached hydrogen (secondary N) is 2. The van der Waals surface area contributed by atoms with Gasteiger partial charge in [0.2, 0.25) is 0 Å². The third-order valence-electron chi connectivity index (χ3n) is 2.30. The minimum atomic E-state index is 0.571. The number of methoxy groups -OCH3 is 2. The number of rotatable bonds is 6. The summed E-state index contributed by atoms with van der Waals surface area (Å²) in [7, 11) is 3.31. The maximum Gasteiger partial charge on any atom is 0.170 e. The van der Waals surface area contributed by atoms with Crippen LogP contribution >= 0.6 is 44.1 Å². The Morgan fingerprint density at radius 1 is 1.26 bits per heavy atom. The predicted octanol–water partition coefficient (Wildman–Crippen LogP) is 3.54. The molecule has 0 unspecified atom stereocenters. The van der Waals surface area contributed by atoms with Crippen molar-refractivity contribution in [3.63, 3.8) is 0 Å². The van der Waals surface area contributed by atoms with Gasteiger partial charge < -0.3 is 20.1 Å². The van der Waals surface area contributed by atoms with E-state index in [0.29, 0.717) is 11.7 Å². The standard InChI is InChI=1S/C12H16Br2N2O2S/c1-17-5-3-4-15-12(19)16-10-7-11(18-2)9(14)6-8(10)13/h6-7H,3-5H2,1-2H3,(H2,15,16,19). The summed E-state index contributed by atoms with van der Waals surface area (Å²) in [4.78, 5) is 0. The predicted molar refractivity (Wildman–Crippen MR) is 89.1 cm³/mol. The molecule has 0 fully saturated rings. The highest BCUT2D eigenvalue weighted by Gasteiger charge is 2.08. The molecular weight excluding hydrogens is 396 g/mol. The lowest BCUT2D eigenvalue weighted by Gasteiger charge is -2.13. The van der Waals surface area contributed by atoms with Crippen LogP contribution in [-0.4, -0.2) is 32.5 Å². The van der Waals surface area contributed by atoms with Crippen LogP contribution in [0, 0.1) is 0 Å². The van der Waals surface area contributed by atoms with Gasteiger partial charge in [0, 0.05) is 30.8 Å². The van der Waals surface area contributed by atoms with Crippen LogP contribution in [0.15, 0.2) is 21.1 Å². The summed E-state index contributed by atoms with van der Waals surface area (Å²) in [6.07, 6.45) is 0.906. The lowest BCUT2D eigenvalue weighted by molar-refractivity contribution is 0.196. The summed E-state index contributed by atoms with van der Waals surface area (Å²) in [6.45, 7) is 1.48. The second-order valence-corrected chi connectivity index (χ2v) is 5.81. The van der Waals surface area contributed by atoms with Gasteiger partial charge in [0.25, 0.3) is 0 Å². The SMILES string of the molecule is COCCCNC(=S)Nc1cc(OC)c(Br)cc1Br. The number of benzene rings is 1. The van der Waals surface area contributed by atoms with Crippen LogP contribution in [0.4, 0.5) is 5.69 Å². The first-order valence-corrected chi connectivity index (χ1v) is 7.64. The summed E-state index contributed by atoms with van der Waals surface area (Å²) in [5.74, 6) is 0.743. The van der Waals surface area contributed by atoms with Gasteiger partial charge in [0.1, 0.15) is 5.75 Å². The fraction of sp³-hybridized carbons (Fsp3) is 0.417. The van der Waals surface area contributed by atoms with Gasteiger partial charge >= 0.3 is 0 Å². The fourth-order valence-electron chi connectivity index (χ4n) is 1.37. The molecular formula is C12H16Br2N2O2S. The van der Waals surface area contributed by atoms with Crippen LogP contribution in [0.3, 0.4) is 0 Å². The Morgan fingerprint density at radius 2 is 2.00 bits per heavy atom. The molecule has 1 rings (SSSR count). The van der Waals surface area contributed by atoms with E-state index in [0.717, 1.165) is 33.3 Å². The summed E-state index contributed by atoms with van der Waals surface area (Å²) in [5.41, 5.74) is 0.851. The number of hydrogen-bond donors (Lipinski definition) is 2. The van der Waals surface area contributed by atoms with Crippen LogP contribution in [0.1, 0.15) is 6.42 Å². The van der Waals surface area contributed by atoms with E-state index in [-0.39, 0.29) is 0 Å². The summed E-state index contributed by atoms with van der Waals surface area (Å²) in [6, 6.07) is 3.78. The Hall–Kier alpha value is -0.370. The first-order valence-electron chi connectivity index (χ1n) is 5.65. The molecule has 1 aromatic rings. The van der Waals surface area contributed by atoms with E-state index in [1.54, 1.807) is 14.2 Å². The third kappa shape index (κ3) is 5.64. The molecule has 4 nitrogen and oxygen atoms in total. The van der Waals surface area contributed by atoms with Gasteiger partial charge in [0.15, 0.2) is 5.11 Å². The van der Waals surface area contributed by atoms with Crippen molar-refractivity contribution in [3.05, 3.63) is 21.1 Å². The van der Waals surface area contributed by atoms with E-state index >= 15 is 0 Å².